The van der Waals surface area contributed by atoms with Gasteiger partial charge in [0.05, 0.1) is 11.1 Å². The number of amides is 2. The summed E-state index contributed by atoms with van der Waals surface area (Å²) in [5.41, 5.74) is 6.87. The molecule has 0 aliphatic rings. The van der Waals surface area contributed by atoms with Crippen LogP contribution in [0.2, 0.25) is 10.0 Å². The van der Waals surface area contributed by atoms with Crippen LogP contribution >= 0.6 is 23.2 Å². The van der Waals surface area contributed by atoms with E-state index in [4.69, 9.17) is 27.9 Å². The van der Waals surface area contributed by atoms with Gasteiger partial charge < -0.3 is 19.9 Å². The van der Waals surface area contributed by atoms with Crippen LogP contribution in [-0.4, -0.2) is 29.5 Å². The zero-order valence-corrected chi connectivity index (χ0v) is 26.1. The van der Waals surface area contributed by atoms with Crippen molar-refractivity contribution in [3.8, 4) is 5.75 Å². The predicted molar refractivity (Wildman–Crippen MR) is 168 cm³/mol. The lowest BCUT2D eigenvalue weighted by molar-refractivity contribution is -0.126. The maximum atomic E-state index is 13.3. The second-order valence-corrected chi connectivity index (χ2v) is 11.6. The number of aryl methyl sites for hydroxylation is 1. The third-order valence-corrected chi connectivity index (χ3v) is 8.32. The number of carbonyl (C=O) groups is 2. The Balaban J connectivity index is 1.60. The van der Waals surface area contributed by atoms with Gasteiger partial charge in [0.15, 0.2) is 6.10 Å². The molecule has 1 heterocycles. The molecule has 2 atom stereocenters. The van der Waals surface area contributed by atoms with E-state index < -0.39 is 6.10 Å². The van der Waals surface area contributed by atoms with Crippen molar-refractivity contribution in [2.45, 2.75) is 66.2 Å². The summed E-state index contributed by atoms with van der Waals surface area (Å²) >= 11 is 13.0. The van der Waals surface area contributed by atoms with Crippen molar-refractivity contribution < 1.29 is 14.3 Å². The largest absolute Gasteiger partial charge is 0.479 e. The summed E-state index contributed by atoms with van der Waals surface area (Å²) < 4.78 is 7.98. The number of benzene rings is 3. The standard InChI is InChI=1S/C33H37Cl2N3O3/c1-18(2)23-9-8-10-24(13-23)20(4)37-33(40)25-11-12-30-27(14-25)19(3)21(5)38(30)17-26-15-31(29(35)16-28(26)34)41-22(6)32(39)36-7/h8-16,18,20,22H,17H2,1-7H3,(H,36,39)(H,37,40). The van der Waals surface area contributed by atoms with Crippen molar-refractivity contribution in [2.24, 2.45) is 0 Å². The van der Waals surface area contributed by atoms with Gasteiger partial charge in [-0.2, -0.15) is 0 Å². The van der Waals surface area contributed by atoms with Crippen molar-refractivity contribution in [1.82, 2.24) is 15.2 Å². The lowest BCUT2D eigenvalue weighted by Gasteiger charge is -2.17. The lowest BCUT2D eigenvalue weighted by Crippen LogP contribution is -2.33. The van der Waals surface area contributed by atoms with Crippen LogP contribution in [0.1, 0.15) is 78.0 Å². The van der Waals surface area contributed by atoms with E-state index in [1.54, 1.807) is 26.1 Å². The number of ether oxygens (including phenoxy) is 1. The molecule has 2 amide bonds. The van der Waals surface area contributed by atoms with Gasteiger partial charge in [-0.1, -0.05) is 61.3 Å². The highest BCUT2D eigenvalue weighted by Crippen LogP contribution is 2.34. The van der Waals surface area contributed by atoms with Crippen molar-refractivity contribution in [2.75, 3.05) is 7.05 Å². The van der Waals surface area contributed by atoms with Gasteiger partial charge >= 0.3 is 0 Å². The highest BCUT2D eigenvalue weighted by molar-refractivity contribution is 6.36. The van der Waals surface area contributed by atoms with Crippen LogP contribution in [0.25, 0.3) is 10.9 Å². The predicted octanol–water partition coefficient (Wildman–Crippen LogP) is 7.74. The number of carbonyl (C=O) groups excluding carboxylic acids is 2. The summed E-state index contributed by atoms with van der Waals surface area (Å²) in [5.74, 6) is 0.439. The van der Waals surface area contributed by atoms with E-state index >= 15 is 0 Å². The minimum Gasteiger partial charge on any atom is -0.479 e. The Morgan fingerprint density at radius 1 is 0.927 bits per heavy atom. The third-order valence-electron chi connectivity index (χ3n) is 7.67. The first-order chi connectivity index (χ1) is 19.4. The minimum atomic E-state index is -0.714. The van der Waals surface area contributed by atoms with Gasteiger partial charge in [-0.05, 0) is 86.2 Å². The molecule has 4 rings (SSSR count). The Hall–Kier alpha value is -3.48. The van der Waals surface area contributed by atoms with Crippen LogP contribution in [0, 0.1) is 13.8 Å². The van der Waals surface area contributed by atoms with E-state index in [9.17, 15) is 9.59 Å². The molecule has 0 radical (unpaired) electrons. The Kier molecular flexibility index (Phi) is 9.35. The van der Waals surface area contributed by atoms with Crippen LogP contribution in [0.4, 0.5) is 0 Å². The molecule has 0 bridgehead atoms. The van der Waals surface area contributed by atoms with Gasteiger partial charge in [0.2, 0.25) is 0 Å². The van der Waals surface area contributed by atoms with Crippen LogP contribution < -0.4 is 15.4 Å². The van der Waals surface area contributed by atoms with E-state index in [0.717, 1.165) is 33.3 Å². The number of hydrogen-bond donors (Lipinski definition) is 2. The van der Waals surface area contributed by atoms with Gasteiger partial charge in [0.1, 0.15) is 5.75 Å². The molecular weight excluding hydrogens is 557 g/mol. The number of aromatic nitrogens is 1. The molecule has 2 N–H and O–H groups in total. The molecular formula is C33H37Cl2N3O3. The number of fused-ring (bicyclic) bond motifs is 1. The molecule has 0 spiro atoms. The van der Waals surface area contributed by atoms with Crippen LogP contribution in [0.3, 0.4) is 0 Å². The number of hydrogen-bond acceptors (Lipinski definition) is 3. The molecule has 2 unspecified atom stereocenters. The SMILES string of the molecule is CNC(=O)C(C)Oc1cc(Cn2c(C)c(C)c3cc(C(=O)NC(C)c4cccc(C(C)C)c4)ccc32)c(Cl)cc1Cl. The van der Waals surface area contributed by atoms with Crippen molar-refractivity contribution in [1.29, 1.82) is 0 Å². The summed E-state index contributed by atoms with van der Waals surface area (Å²) in [4.78, 5) is 25.2. The quantitative estimate of drug-likeness (QED) is 0.208. The Morgan fingerprint density at radius 2 is 1.63 bits per heavy atom. The molecule has 0 aliphatic heterocycles. The summed E-state index contributed by atoms with van der Waals surface area (Å²) in [5, 5.41) is 7.56. The molecule has 6 nitrogen and oxygen atoms in total. The molecule has 0 aliphatic carbocycles. The fraction of sp³-hybridized carbons (Fsp3) is 0.333. The molecule has 216 valence electrons. The van der Waals surface area contributed by atoms with Crippen molar-refractivity contribution in [3.05, 3.63) is 98.2 Å². The van der Waals surface area contributed by atoms with Gasteiger partial charge in [-0.25, -0.2) is 0 Å². The minimum absolute atomic E-state index is 0.119. The molecule has 0 fully saturated rings. The van der Waals surface area contributed by atoms with E-state index in [0.29, 0.717) is 33.8 Å². The molecule has 0 saturated heterocycles. The average Bonchev–Trinajstić information content (AvgIpc) is 3.19. The fourth-order valence-corrected chi connectivity index (χ4v) is 5.43. The zero-order valence-electron chi connectivity index (χ0n) is 24.6. The fourth-order valence-electron chi connectivity index (χ4n) is 4.95. The second kappa shape index (κ2) is 12.6. The first-order valence-electron chi connectivity index (χ1n) is 13.8. The van der Waals surface area contributed by atoms with Crippen LogP contribution in [0.5, 0.6) is 5.75 Å². The number of likely N-dealkylation sites (N-methyl/N-ethyl adjacent to an activating group) is 1. The lowest BCUT2D eigenvalue weighted by atomic mass is 9.98. The summed E-state index contributed by atoms with van der Waals surface area (Å²) in [7, 11) is 1.56. The average molecular weight is 595 g/mol. The number of nitrogens with zero attached hydrogens (tertiary/aromatic N) is 1. The smallest absolute Gasteiger partial charge is 0.260 e. The number of rotatable bonds is 9. The molecule has 0 saturated carbocycles. The molecule has 8 heteroatoms. The molecule has 3 aromatic carbocycles. The van der Waals surface area contributed by atoms with Crippen molar-refractivity contribution in [3.63, 3.8) is 0 Å². The molecule has 1 aromatic heterocycles. The second-order valence-electron chi connectivity index (χ2n) is 10.8. The maximum absolute atomic E-state index is 13.3. The Morgan fingerprint density at radius 3 is 2.32 bits per heavy atom. The zero-order chi connectivity index (χ0) is 30.0. The first-order valence-corrected chi connectivity index (χ1v) is 14.5. The summed E-state index contributed by atoms with van der Waals surface area (Å²) in [6.07, 6.45) is -0.714. The van der Waals surface area contributed by atoms with Crippen LogP contribution in [-0.2, 0) is 11.3 Å². The highest BCUT2D eigenvalue weighted by atomic mass is 35.5. The van der Waals surface area contributed by atoms with E-state index in [2.05, 4.69) is 48.1 Å². The number of halogens is 2. The summed E-state index contributed by atoms with van der Waals surface area (Å²) in [6.45, 7) is 12.6. The Bertz CT molecular complexity index is 1610. The first kappa shape index (κ1) is 30.5. The van der Waals surface area contributed by atoms with Gasteiger partial charge in [0, 0.05) is 40.8 Å². The number of nitrogens with one attached hydrogen (secondary N) is 2. The monoisotopic (exact) mass is 593 g/mol. The maximum Gasteiger partial charge on any atom is 0.260 e. The van der Waals surface area contributed by atoms with Gasteiger partial charge in [-0.15, -0.1) is 0 Å². The molecule has 4 aromatic rings. The third kappa shape index (κ3) is 6.55. The van der Waals surface area contributed by atoms with E-state index in [1.165, 1.54) is 5.56 Å². The normalized spacial score (nSPS) is 12.8. The Labute approximate surface area is 252 Å². The topological polar surface area (TPSA) is 72.4 Å². The van der Waals surface area contributed by atoms with Crippen LogP contribution in [0.15, 0.2) is 54.6 Å². The van der Waals surface area contributed by atoms with E-state index in [1.807, 2.05) is 44.2 Å². The summed E-state index contributed by atoms with van der Waals surface area (Å²) in [6, 6.07) is 17.4. The van der Waals surface area contributed by atoms with Gasteiger partial charge in [-0.3, -0.25) is 9.59 Å². The van der Waals surface area contributed by atoms with Crippen molar-refractivity contribution >= 4 is 45.9 Å². The highest BCUT2D eigenvalue weighted by Gasteiger charge is 2.20. The molecule has 41 heavy (non-hydrogen) atoms. The van der Waals surface area contributed by atoms with E-state index in [-0.39, 0.29) is 17.9 Å². The van der Waals surface area contributed by atoms with Gasteiger partial charge in [0.25, 0.3) is 11.8 Å².